The van der Waals surface area contributed by atoms with Gasteiger partial charge in [0, 0.05) is 23.6 Å². The summed E-state index contributed by atoms with van der Waals surface area (Å²) < 4.78 is 15.9. The minimum atomic E-state index is -1.44. The summed E-state index contributed by atoms with van der Waals surface area (Å²) in [6.07, 6.45) is 1.56. The summed E-state index contributed by atoms with van der Waals surface area (Å²) >= 11 is 0. The zero-order valence-corrected chi connectivity index (χ0v) is 16.1. The summed E-state index contributed by atoms with van der Waals surface area (Å²) in [5.41, 5.74) is -0.188. The number of benzene rings is 1. The van der Waals surface area contributed by atoms with Crippen LogP contribution >= 0.6 is 0 Å². The number of esters is 1. The molecule has 0 spiro atoms. The molecule has 28 heavy (non-hydrogen) atoms. The Kier molecular flexibility index (Phi) is 5.33. The van der Waals surface area contributed by atoms with Crippen molar-refractivity contribution >= 4 is 5.97 Å². The number of H-pyrrole nitrogens is 2. The lowest BCUT2D eigenvalue weighted by Crippen LogP contribution is -2.50. The van der Waals surface area contributed by atoms with Crippen LogP contribution in [0.15, 0.2) is 35.6 Å². The molecule has 3 N–H and O–H groups in total. The Bertz CT molecular complexity index is 942. The average molecular weight is 388 g/mol. The van der Waals surface area contributed by atoms with Crippen LogP contribution in [-0.4, -0.2) is 47.7 Å². The van der Waals surface area contributed by atoms with E-state index in [-0.39, 0.29) is 18.6 Å². The SMILES string of the molecule is C=CCOC(=O)[C@H]1[C@H](c2ccc(OC)c(OC)c2)c2c([nH][nH]c2=O)C[C@@]1(C)O. The number of aliphatic hydroxyl groups is 1. The van der Waals surface area contributed by atoms with Gasteiger partial charge in [0.2, 0.25) is 0 Å². The third-order valence-corrected chi connectivity index (χ3v) is 5.11. The van der Waals surface area contributed by atoms with Gasteiger partial charge in [0.25, 0.3) is 5.56 Å². The van der Waals surface area contributed by atoms with Crippen molar-refractivity contribution in [2.45, 2.75) is 24.9 Å². The maximum atomic E-state index is 12.9. The zero-order chi connectivity index (χ0) is 20.5. The smallest absolute Gasteiger partial charge is 0.313 e. The molecule has 8 nitrogen and oxygen atoms in total. The van der Waals surface area contributed by atoms with Crippen LogP contribution in [0, 0.1) is 5.92 Å². The number of aromatic nitrogens is 2. The molecular formula is C20H24N2O6. The lowest BCUT2D eigenvalue weighted by atomic mass is 9.66. The van der Waals surface area contributed by atoms with Crippen LogP contribution in [-0.2, 0) is 16.0 Å². The number of carbonyl (C=O) groups excluding carboxylic acids is 1. The molecule has 0 fully saturated rings. The van der Waals surface area contributed by atoms with E-state index in [9.17, 15) is 14.7 Å². The molecule has 0 saturated heterocycles. The van der Waals surface area contributed by atoms with Gasteiger partial charge < -0.3 is 24.4 Å². The van der Waals surface area contributed by atoms with E-state index in [1.165, 1.54) is 20.3 Å². The molecule has 3 rings (SSSR count). The second-order valence-electron chi connectivity index (χ2n) is 6.99. The number of nitrogens with one attached hydrogen (secondary N) is 2. The van der Waals surface area contributed by atoms with Crippen molar-refractivity contribution in [3.8, 4) is 11.5 Å². The van der Waals surface area contributed by atoms with E-state index >= 15 is 0 Å². The Hall–Kier alpha value is -3.00. The van der Waals surface area contributed by atoms with Crippen molar-refractivity contribution in [3.63, 3.8) is 0 Å². The molecular weight excluding hydrogens is 364 g/mol. The molecule has 2 aromatic rings. The maximum Gasteiger partial charge on any atom is 0.313 e. The summed E-state index contributed by atoms with van der Waals surface area (Å²) in [7, 11) is 3.02. The fourth-order valence-corrected chi connectivity index (χ4v) is 3.89. The Morgan fingerprint density at radius 2 is 2.04 bits per heavy atom. The number of aromatic amines is 2. The quantitative estimate of drug-likeness (QED) is 0.511. The van der Waals surface area contributed by atoms with Crippen molar-refractivity contribution in [1.82, 2.24) is 10.2 Å². The number of carbonyl (C=O) groups is 1. The fraction of sp³-hybridized carbons (Fsp3) is 0.400. The standard InChI is InChI=1S/C20H24N2O6/c1-5-8-28-19(24)17-15(11-6-7-13(26-3)14(9-11)27-4)16-12(10-20(17,2)25)21-22-18(16)23/h5-7,9,15,17,25H,1,8,10H2,2-4H3,(H2,21,22,23)/t15-,17-,20-/m1/s1. The predicted octanol–water partition coefficient (Wildman–Crippen LogP) is 1.50. The van der Waals surface area contributed by atoms with Crippen molar-refractivity contribution in [1.29, 1.82) is 0 Å². The number of ether oxygens (including phenoxy) is 3. The first-order valence-electron chi connectivity index (χ1n) is 8.85. The number of rotatable bonds is 6. The minimum absolute atomic E-state index is 0.0143. The van der Waals surface area contributed by atoms with Crippen molar-refractivity contribution in [2.24, 2.45) is 5.92 Å². The predicted molar refractivity (Wildman–Crippen MR) is 102 cm³/mol. The van der Waals surface area contributed by atoms with Gasteiger partial charge in [0.15, 0.2) is 11.5 Å². The van der Waals surface area contributed by atoms with Gasteiger partial charge in [-0.2, -0.15) is 0 Å². The highest BCUT2D eigenvalue weighted by Gasteiger charge is 2.51. The van der Waals surface area contributed by atoms with E-state index in [0.29, 0.717) is 28.3 Å². The zero-order valence-electron chi connectivity index (χ0n) is 16.1. The van der Waals surface area contributed by atoms with Crippen LogP contribution in [0.25, 0.3) is 0 Å². The molecule has 1 aromatic carbocycles. The first-order chi connectivity index (χ1) is 13.3. The normalized spacial score (nSPS) is 23.6. The lowest BCUT2D eigenvalue weighted by Gasteiger charge is -2.40. The van der Waals surface area contributed by atoms with E-state index in [1.54, 1.807) is 25.1 Å². The number of methoxy groups -OCH3 is 2. The van der Waals surface area contributed by atoms with Crippen molar-refractivity contribution in [2.75, 3.05) is 20.8 Å². The number of fused-ring (bicyclic) bond motifs is 1. The molecule has 0 saturated carbocycles. The molecule has 1 aromatic heterocycles. The van der Waals surface area contributed by atoms with Crippen LogP contribution in [0.4, 0.5) is 0 Å². The van der Waals surface area contributed by atoms with Crippen LogP contribution in [0.1, 0.15) is 29.7 Å². The third kappa shape index (κ3) is 3.31. The van der Waals surface area contributed by atoms with Crippen LogP contribution in [0.2, 0.25) is 0 Å². The Morgan fingerprint density at radius 1 is 1.32 bits per heavy atom. The maximum absolute atomic E-state index is 12.9. The summed E-state index contributed by atoms with van der Waals surface area (Å²) in [6.45, 7) is 5.12. The van der Waals surface area contributed by atoms with Crippen LogP contribution in [0.5, 0.6) is 11.5 Å². The van der Waals surface area contributed by atoms with E-state index in [4.69, 9.17) is 14.2 Å². The summed E-state index contributed by atoms with van der Waals surface area (Å²) in [5, 5.41) is 16.5. The van der Waals surface area contributed by atoms with Gasteiger partial charge in [0.1, 0.15) is 6.61 Å². The van der Waals surface area contributed by atoms with Crippen LogP contribution in [0.3, 0.4) is 0 Å². The molecule has 1 aliphatic rings. The van der Waals surface area contributed by atoms with Crippen LogP contribution < -0.4 is 15.0 Å². The fourth-order valence-electron chi connectivity index (χ4n) is 3.89. The second-order valence-corrected chi connectivity index (χ2v) is 6.99. The molecule has 0 unspecified atom stereocenters. The Morgan fingerprint density at radius 3 is 2.68 bits per heavy atom. The van der Waals surface area contributed by atoms with Gasteiger partial charge in [-0.15, -0.1) is 0 Å². The second kappa shape index (κ2) is 7.55. The topological polar surface area (TPSA) is 114 Å². The Balaban J connectivity index is 2.19. The molecule has 1 heterocycles. The summed E-state index contributed by atoms with van der Waals surface area (Å²) in [4.78, 5) is 25.4. The van der Waals surface area contributed by atoms with Gasteiger partial charge in [-0.25, -0.2) is 0 Å². The first-order valence-corrected chi connectivity index (χ1v) is 8.85. The van der Waals surface area contributed by atoms with Gasteiger partial charge in [-0.1, -0.05) is 18.7 Å². The molecule has 3 atom stereocenters. The summed E-state index contributed by atoms with van der Waals surface area (Å²) in [6, 6.07) is 5.15. The number of hydrogen-bond donors (Lipinski definition) is 3. The lowest BCUT2D eigenvalue weighted by molar-refractivity contribution is -0.158. The molecule has 8 heteroatoms. The molecule has 0 radical (unpaired) electrons. The summed E-state index contributed by atoms with van der Waals surface area (Å²) in [5.74, 6) is -1.35. The minimum Gasteiger partial charge on any atom is -0.493 e. The van der Waals surface area contributed by atoms with Gasteiger partial charge >= 0.3 is 5.97 Å². The first kappa shape index (κ1) is 19.8. The van der Waals surface area contributed by atoms with E-state index in [2.05, 4.69) is 16.8 Å². The van der Waals surface area contributed by atoms with Crippen molar-refractivity contribution in [3.05, 3.63) is 58.0 Å². The highest BCUT2D eigenvalue weighted by atomic mass is 16.5. The molecule has 0 amide bonds. The van der Waals surface area contributed by atoms with E-state index in [0.717, 1.165) is 0 Å². The third-order valence-electron chi connectivity index (χ3n) is 5.11. The molecule has 150 valence electrons. The van der Waals surface area contributed by atoms with Gasteiger partial charge in [0.05, 0.1) is 25.7 Å². The van der Waals surface area contributed by atoms with Gasteiger partial charge in [-0.3, -0.25) is 14.7 Å². The van der Waals surface area contributed by atoms with Crippen molar-refractivity contribution < 1.29 is 24.1 Å². The van der Waals surface area contributed by atoms with E-state index < -0.39 is 23.4 Å². The van der Waals surface area contributed by atoms with Gasteiger partial charge in [-0.05, 0) is 24.6 Å². The van der Waals surface area contributed by atoms with E-state index in [1.807, 2.05) is 0 Å². The average Bonchev–Trinajstić information content (AvgIpc) is 3.03. The highest BCUT2D eigenvalue weighted by Crippen LogP contribution is 2.46. The monoisotopic (exact) mass is 388 g/mol. The molecule has 1 aliphatic carbocycles. The molecule has 0 bridgehead atoms. The largest absolute Gasteiger partial charge is 0.493 e. The highest BCUT2D eigenvalue weighted by molar-refractivity contribution is 5.77. The number of hydrogen-bond acceptors (Lipinski definition) is 6. The molecule has 0 aliphatic heterocycles. The Labute approximate surface area is 162 Å².